The molecule has 2 N–H and O–H groups in total. The smallest absolute Gasteiger partial charge is 0.167 e. The van der Waals surface area contributed by atoms with Crippen molar-refractivity contribution in [2.75, 3.05) is 6.54 Å². The summed E-state index contributed by atoms with van der Waals surface area (Å²) >= 11 is 0. The highest BCUT2D eigenvalue weighted by molar-refractivity contribution is 6.00. The molecule has 1 aromatic carbocycles. The molecule has 0 bridgehead atoms. The van der Waals surface area contributed by atoms with Crippen LogP contribution < -0.4 is 5.73 Å². The number of rotatable bonds is 4. The molecule has 2 heteroatoms. The molecule has 0 heterocycles. The Morgan fingerprint density at radius 2 is 1.84 bits per heavy atom. The molecular formula is C17H23NO. The zero-order valence-electron chi connectivity index (χ0n) is 11.5. The fourth-order valence-electron chi connectivity index (χ4n) is 2.72. The van der Waals surface area contributed by atoms with Gasteiger partial charge in [0.25, 0.3) is 0 Å². The van der Waals surface area contributed by atoms with Crippen molar-refractivity contribution < 1.29 is 4.79 Å². The van der Waals surface area contributed by atoms with Crippen LogP contribution in [0.2, 0.25) is 0 Å². The second-order valence-electron chi connectivity index (χ2n) is 5.25. The van der Waals surface area contributed by atoms with Gasteiger partial charge in [0.1, 0.15) is 0 Å². The van der Waals surface area contributed by atoms with Gasteiger partial charge in [-0.05, 0) is 36.8 Å². The van der Waals surface area contributed by atoms with E-state index in [4.69, 9.17) is 5.73 Å². The summed E-state index contributed by atoms with van der Waals surface area (Å²) in [5.74, 6) is 0.0578. The molecule has 1 aliphatic rings. The number of ketones is 1. The average Bonchev–Trinajstić information content (AvgIpc) is 2.40. The predicted molar refractivity (Wildman–Crippen MR) is 79.0 cm³/mol. The zero-order chi connectivity index (χ0) is 13.5. The van der Waals surface area contributed by atoms with Crippen LogP contribution in [0.3, 0.4) is 0 Å². The van der Waals surface area contributed by atoms with E-state index in [9.17, 15) is 4.79 Å². The maximum Gasteiger partial charge on any atom is 0.167 e. The molecular weight excluding hydrogens is 234 g/mol. The minimum Gasteiger partial charge on any atom is -0.329 e. The fraction of sp³-hybridized carbons (Fsp3) is 0.471. The summed E-state index contributed by atoms with van der Waals surface area (Å²) in [5.41, 5.74) is 7.87. The number of hydrogen-bond acceptors (Lipinski definition) is 2. The van der Waals surface area contributed by atoms with E-state index in [1.54, 1.807) is 0 Å². The highest BCUT2D eigenvalue weighted by atomic mass is 16.1. The molecule has 0 fully saturated rings. The molecule has 19 heavy (non-hydrogen) atoms. The molecule has 0 aromatic heterocycles. The average molecular weight is 257 g/mol. The van der Waals surface area contributed by atoms with Crippen LogP contribution in [0, 0.1) is 0 Å². The third-order valence-corrected chi connectivity index (χ3v) is 3.86. The molecule has 1 aliphatic carbocycles. The molecule has 0 spiro atoms. The molecule has 0 saturated heterocycles. The van der Waals surface area contributed by atoms with Crippen molar-refractivity contribution >= 4 is 5.78 Å². The Balaban J connectivity index is 2.16. The lowest BCUT2D eigenvalue weighted by molar-refractivity contribution is -0.116. The zero-order valence-corrected chi connectivity index (χ0v) is 11.5. The normalized spacial score (nSPS) is 20.8. The number of carbonyl (C=O) groups is 1. The van der Waals surface area contributed by atoms with E-state index >= 15 is 0 Å². The van der Waals surface area contributed by atoms with Crippen LogP contribution >= 0.6 is 0 Å². The Hall–Kier alpha value is -1.41. The summed E-state index contributed by atoms with van der Waals surface area (Å²) in [5, 5.41) is 0. The third-order valence-electron chi connectivity index (χ3n) is 3.86. The van der Waals surface area contributed by atoms with Crippen LogP contribution in [-0.4, -0.2) is 12.3 Å². The van der Waals surface area contributed by atoms with Gasteiger partial charge < -0.3 is 5.73 Å². The molecule has 0 aliphatic heterocycles. The summed E-state index contributed by atoms with van der Waals surface area (Å²) in [6.07, 6.45) is 8.96. The third kappa shape index (κ3) is 3.77. The number of Topliss-reactive ketones (excluding diaryl/α,β-unsaturated/α-hetero) is 1. The molecule has 1 unspecified atom stereocenters. The van der Waals surface area contributed by atoms with Crippen molar-refractivity contribution in [3.05, 3.63) is 47.5 Å². The van der Waals surface area contributed by atoms with Gasteiger partial charge in [0.05, 0.1) is 5.92 Å². The highest BCUT2D eigenvalue weighted by Gasteiger charge is 2.22. The van der Waals surface area contributed by atoms with E-state index < -0.39 is 0 Å². The Bertz CT molecular complexity index is 436. The first kappa shape index (κ1) is 14.0. The SMILES string of the molecule is NCC(C(=O)/C1=C/CCCCCC1)c1ccccc1. The number of hydrogen-bond donors (Lipinski definition) is 1. The van der Waals surface area contributed by atoms with E-state index in [0.29, 0.717) is 6.54 Å². The first-order chi connectivity index (χ1) is 9.33. The maximum atomic E-state index is 12.6. The van der Waals surface area contributed by atoms with Gasteiger partial charge in [0, 0.05) is 6.54 Å². The van der Waals surface area contributed by atoms with Gasteiger partial charge in [-0.2, -0.15) is 0 Å². The molecule has 102 valence electrons. The van der Waals surface area contributed by atoms with E-state index in [2.05, 4.69) is 6.08 Å². The van der Waals surface area contributed by atoms with Crippen molar-refractivity contribution in [2.45, 2.75) is 44.4 Å². The molecule has 0 saturated carbocycles. The minimum absolute atomic E-state index is 0.174. The second kappa shape index (κ2) is 7.25. The fourth-order valence-corrected chi connectivity index (χ4v) is 2.72. The van der Waals surface area contributed by atoms with Crippen LogP contribution in [0.4, 0.5) is 0 Å². The van der Waals surface area contributed by atoms with E-state index in [-0.39, 0.29) is 11.7 Å². The summed E-state index contributed by atoms with van der Waals surface area (Å²) in [6, 6.07) is 9.91. The van der Waals surface area contributed by atoms with Gasteiger partial charge in [0.2, 0.25) is 0 Å². The number of carbonyl (C=O) groups excluding carboxylic acids is 1. The van der Waals surface area contributed by atoms with Crippen molar-refractivity contribution in [2.24, 2.45) is 5.73 Å². The van der Waals surface area contributed by atoms with E-state index in [0.717, 1.165) is 30.4 Å². The topological polar surface area (TPSA) is 43.1 Å². The Morgan fingerprint density at radius 1 is 1.11 bits per heavy atom. The van der Waals surface area contributed by atoms with Crippen molar-refractivity contribution in [1.82, 2.24) is 0 Å². The monoisotopic (exact) mass is 257 g/mol. The first-order valence-corrected chi connectivity index (χ1v) is 7.31. The Kier molecular flexibility index (Phi) is 5.34. The number of benzene rings is 1. The van der Waals surface area contributed by atoms with Gasteiger partial charge >= 0.3 is 0 Å². The Morgan fingerprint density at radius 3 is 2.58 bits per heavy atom. The van der Waals surface area contributed by atoms with Gasteiger partial charge in [-0.25, -0.2) is 0 Å². The van der Waals surface area contributed by atoms with Crippen LogP contribution in [0.25, 0.3) is 0 Å². The number of allylic oxidation sites excluding steroid dienone is 2. The van der Waals surface area contributed by atoms with Crippen LogP contribution in [-0.2, 0) is 4.79 Å². The van der Waals surface area contributed by atoms with E-state index in [1.807, 2.05) is 30.3 Å². The number of nitrogens with two attached hydrogens (primary N) is 1. The van der Waals surface area contributed by atoms with Gasteiger partial charge in [-0.3, -0.25) is 4.79 Å². The lowest BCUT2D eigenvalue weighted by Crippen LogP contribution is -2.23. The lowest BCUT2D eigenvalue weighted by atomic mass is 9.87. The molecule has 1 aromatic rings. The van der Waals surface area contributed by atoms with Crippen molar-refractivity contribution in [3.8, 4) is 0 Å². The molecule has 0 radical (unpaired) electrons. The van der Waals surface area contributed by atoms with Crippen molar-refractivity contribution in [1.29, 1.82) is 0 Å². The summed E-state index contributed by atoms with van der Waals surface area (Å²) in [7, 11) is 0. The van der Waals surface area contributed by atoms with Crippen molar-refractivity contribution in [3.63, 3.8) is 0 Å². The molecule has 1 atom stereocenters. The largest absolute Gasteiger partial charge is 0.329 e. The summed E-state index contributed by atoms with van der Waals surface area (Å²) < 4.78 is 0. The maximum absolute atomic E-state index is 12.6. The first-order valence-electron chi connectivity index (χ1n) is 7.31. The highest BCUT2D eigenvalue weighted by Crippen LogP contribution is 2.24. The standard InChI is InChI=1S/C17H23NO/c18-13-16(14-9-7-4-8-10-14)17(19)15-11-5-2-1-3-6-12-15/h4,7-11,16H,1-3,5-6,12-13,18H2/b15-11+. The van der Waals surface area contributed by atoms with Gasteiger partial charge in [-0.1, -0.05) is 49.2 Å². The van der Waals surface area contributed by atoms with Gasteiger partial charge in [0.15, 0.2) is 5.78 Å². The quantitative estimate of drug-likeness (QED) is 0.896. The Labute approximate surface area is 115 Å². The van der Waals surface area contributed by atoms with Crippen LogP contribution in [0.15, 0.2) is 42.0 Å². The van der Waals surface area contributed by atoms with E-state index in [1.165, 1.54) is 19.3 Å². The van der Waals surface area contributed by atoms with Gasteiger partial charge in [-0.15, -0.1) is 0 Å². The summed E-state index contributed by atoms with van der Waals surface area (Å²) in [4.78, 5) is 12.6. The molecule has 2 nitrogen and oxygen atoms in total. The molecule has 2 rings (SSSR count). The second-order valence-corrected chi connectivity index (χ2v) is 5.25. The van der Waals surface area contributed by atoms with Crippen LogP contribution in [0.1, 0.15) is 50.0 Å². The predicted octanol–water partition coefficient (Wildman–Crippen LogP) is 3.58. The lowest BCUT2D eigenvalue weighted by Gasteiger charge is -2.17. The minimum atomic E-state index is -0.174. The molecule has 0 amide bonds. The van der Waals surface area contributed by atoms with Crippen LogP contribution in [0.5, 0.6) is 0 Å². The summed E-state index contributed by atoms with van der Waals surface area (Å²) in [6.45, 7) is 0.389.